The van der Waals surface area contributed by atoms with Crippen LogP contribution in [-0.2, 0) is 9.53 Å². The Bertz CT molecular complexity index is 114. The van der Waals surface area contributed by atoms with Crippen LogP contribution < -0.4 is 5.32 Å². The summed E-state index contributed by atoms with van der Waals surface area (Å²) >= 11 is 5.22. The molecule has 0 aromatic rings. The average molecular weight is 150 g/mol. The largest absolute Gasteiger partial charge is 0.377 e. The zero-order valence-electron chi connectivity index (χ0n) is 4.89. The van der Waals surface area contributed by atoms with Crippen LogP contribution in [0.25, 0.3) is 0 Å². The first-order valence-corrected chi connectivity index (χ1v) is 3.29. The van der Waals surface area contributed by atoms with Gasteiger partial charge in [0.1, 0.15) is 5.88 Å². The van der Waals surface area contributed by atoms with Gasteiger partial charge in [-0.05, 0) is 0 Å². The summed E-state index contributed by atoms with van der Waals surface area (Å²) in [6.45, 7) is 1.26. The van der Waals surface area contributed by atoms with Gasteiger partial charge in [0.15, 0.2) is 0 Å². The summed E-state index contributed by atoms with van der Waals surface area (Å²) in [6.07, 6.45) is 0. The molecule has 0 aromatic heterocycles. The van der Waals surface area contributed by atoms with Gasteiger partial charge in [0.2, 0.25) is 5.91 Å². The van der Waals surface area contributed by atoms with E-state index in [4.69, 9.17) is 16.3 Å². The second kappa shape index (κ2) is 3.03. The highest BCUT2D eigenvalue weighted by molar-refractivity contribution is 6.27. The molecule has 0 unspecified atom stereocenters. The standard InChI is InChI=1S/C5H8ClNO2/c6-1-5(8)7-4-2-9-3-4/h4H,1-3H2,(H,7,8). The van der Waals surface area contributed by atoms with Crippen LogP contribution in [0.2, 0.25) is 0 Å². The number of hydrogen-bond donors (Lipinski definition) is 1. The second-order valence-electron chi connectivity index (χ2n) is 1.94. The molecule has 4 heteroatoms. The number of carbonyl (C=O) groups excluding carboxylic acids is 1. The van der Waals surface area contributed by atoms with Crippen LogP contribution in [0.3, 0.4) is 0 Å². The van der Waals surface area contributed by atoms with Crippen molar-refractivity contribution in [1.29, 1.82) is 0 Å². The lowest BCUT2D eigenvalue weighted by Gasteiger charge is -2.26. The van der Waals surface area contributed by atoms with Crippen molar-refractivity contribution in [1.82, 2.24) is 5.32 Å². The molecule has 0 aliphatic carbocycles. The van der Waals surface area contributed by atoms with Crippen molar-refractivity contribution in [2.24, 2.45) is 0 Å². The first kappa shape index (κ1) is 6.83. The van der Waals surface area contributed by atoms with Gasteiger partial charge in [0.25, 0.3) is 0 Å². The van der Waals surface area contributed by atoms with E-state index in [0.29, 0.717) is 13.2 Å². The fraction of sp³-hybridized carbons (Fsp3) is 0.800. The number of halogens is 1. The number of ether oxygens (including phenoxy) is 1. The summed E-state index contributed by atoms with van der Waals surface area (Å²) < 4.78 is 4.82. The molecule has 1 heterocycles. The zero-order chi connectivity index (χ0) is 6.69. The third-order valence-electron chi connectivity index (χ3n) is 1.12. The predicted octanol–water partition coefficient (Wildman–Crippen LogP) is -0.260. The quantitative estimate of drug-likeness (QED) is 0.550. The zero-order valence-corrected chi connectivity index (χ0v) is 5.65. The van der Waals surface area contributed by atoms with E-state index in [0.717, 1.165) is 0 Å². The van der Waals surface area contributed by atoms with E-state index in [-0.39, 0.29) is 17.8 Å². The molecular weight excluding hydrogens is 142 g/mol. The van der Waals surface area contributed by atoms with Crippen LogP contribution in [0.1, 0.15) is 0 Å². The fourth-order valence-electron chi connectivity index (χ4n) is 0.585. The summed E-state index contributed by atoms with van der Waals surface area (Å²) in [5, 5.41) is 2.67. The van der Waals surface area contributed by atoms with Crippen molar-refractivity contribution in [3.8, 4) is 0 Å². The second-order valence-corrected chi connectivity index (χ2v) is 2.20. The number of alkyl halides is 1. The molecule has 0 radical (unpaired) electrons. The molecule has 52 valence electrons. The first-order valence-electron chi connectivity index (χ1n) is 2.76. The molecule has 1 amide bonds. The van der Waals surface area contributed by atoms with Crippen molar-refractivity contribution in [3.63, 3.8) is 0 Å². The van der Waals surface area contributed by atoms with Gasteiger partial charge in [0, 0.05) is 0 Å². The Labute approximate surface area is 58.3 Å². The van der Waals surface area contributed by atoms with E-state index in [1.807, 2.05) is 0 Å². The number of rotatable bonds is 2. The molecular formula is C5H8ClNO2. The molecule has 0 aromatic carbocycles. The molecule has 1 aliphatic heterocycles. The minimum Gasteiger partial charge on any atom is -0.377 e. The molecule has 9 heavy (non-hydrogen) atoms. The fourth-order valence-corrected chi connectivity index (χ4v) is 0.662. The van der Waals surface area contributed by atoms with Gasteiger partial charge in [-0.25, -0.2) is 0 Å². The molecule has 1 saturated heterocycles. The van der Waals surface area contributed by atoms with E-state index in [2.05, 4.69) is 5.32 Å². The SMILES string of the molecule is O=C(CCl)NC1COC1. The smallest absolute Gasteiger partial charge is 0.235 e. The molecule has 0 atom stereocenters. The summed E-state index contributed by atoms with van der Waals surface area (Å²) in [5.74, 6) is -0.0822. The molecule has 3 nitrogen and oxygen atoms in total. The molecule has 0 saturated carbocycles. The van der Waals surface area contributed by atoms with Crippen LogP contribution in [-0.4, -0.2) is 31.0 Å². The average Bonchev–Trinajstić information content (AvgIpc) is 1.78. The number of amides is 1. The van der Waals surface area contributed by atoms with E-state index in [9.17, 15) is 4.79 Å². The van der Waals surface area contributed by atoms with Gasteiger partial charge in [-0.3, -0.25) is 4.79 Å². The lowest BCUT2D eigenvalue weighted by molar-refractivity contribution is -0.122. The predicted molar refractivity (Wildman–Crippen MR) is 33.5 cm³/mol. The van der Waals surface area contributed by atoms with Crippen molar-refractivity contribution in [2.45, 2.75) is 6.04 Å². The van der Waals surface area contributed by atoms with Gasteiger partial charge in [-0.2, -0.15) is 0 Å². The minimum absolute atomic E-state index is 0.0382. The third kappa shape index (κ3) is 1.84. The highest BCUT2D eigenvalue weighted by Gasteiger charge is 2.19. The van der Waals surface area contributed by atoms with Crippen LogP contribution in [0.5, 0.6) is 0 Å². The van der Waals surface area contributed by atoms with Crippen LogP contribution in [0.15, 0.2) is 0 Å². The Morgan fingerprint density at radius 1 is 1.78 bits per heavy atom. The summed E-state index contributed by atoms with van der Waals surface area (Å²) in [6, 6.07) is 0.205. The van der Waals surface area contributed by atoms with E-state index < -0.39 is 0 Å². The van der Waals surface area contributed by atoms with Crippen LogP contribution in [0.4, 0.5) is 0 Å². The Morgan fingerprint density at radius 3 is 2.78 bits per heavy atom. The molecule has 1 N–H and O–H groups in total. The monoisotopic (exact) mass is 149 g/mol. The number of nitrogens with one attached hydrogen (secondary N) is 1. The number of hydrogen-bond acceptors (Lipinski definition) is 2. The Morgan fingerprint density at radius 2 is 2.44 bits per heavy atom. The topological polar surface area (TPSA) is 38.3 Å². The molecule has 1 aliphatic rings. The Balaban J connectivity index is 2.09. The van der Waals surface area contributed by atoms with Gasteiger partial charge in [0.05, 0.1) is 19.3 Å². The summed E-state index contributed by atoms with van der Waals surface area (Å²) in [4.78, 5) is 10.5. The normalized spacial score (nSPS) is 18.8. The highest BCUT2D eigenvalue weighted by atomic mass is 35.5. The van der Waals surface area contributed by atoms with E-state index in [1.165, 1.54) is 0 Å². The van der Waals surface area contributed by atoms with Crippen LogP contribution in [0, 0.1) is 0 Å². The summed E-state index contributed by atoms with van der Waals surface area (Å²) in [7, 11) is 0. The van der Waals surface area contributed by atoms with Gasteiger partial charge in [-0.1, -0.05) is 0 Å². The Kier molecular flexibility index (Phi) is 2.30. The maximum Gasteiger partial charge on any atom is 0.235 e. The minimum atomic E-state index is -0.120. The van der Waals surface area contributed by atoms with Gasteiger partial charge < -0.3 is 10.1 Å². The van der Waals surface area contributed by atoms with E-state index in [1.54, 1.807) is 0 Å². The molecule has 1 fully saturated rings. The number of carbonyl (C=O) groups is 1. The summed E-state index contributed by atoms with van der Waals surface area (Å²) in [5.41, 5.74) is 0. The molecule has 0 bridgehead atoms. The lowest BCUT2D eigenvalue weighted by Crippen LogP contribution is -2.48. The van der Waals surface area contributed by atoms with Crippen molar-refractivity contribution in [2.75, 3.05) is 19.1 Å². The van der Waals surface area contributed by atoms with Crippen molar-refractivity contribution >= 4 is 17.5 Å². The molecule has 0 spiro atoms. The van der Waals surface area contributed by atoms with E-state index >= 15 is 0 Å². The van der Waals surface area contributed by atoms with Gasteiger partial charge in [-0.15, -0.1) is 11.6 Å². The van der Waals surface area contributed by atoms with Crippen molar-refractivity contribution in [3.05, 3.63) is 0 Å². The Hall–Kier alpha value is -0.280. The van der Waals surface area contributed by atoms with Crippen LogP contribution >= 0.6 is 11.6 Å². The third-order valence-corrected chi connectivity index (χ3v) is 1.37. The maximum absolute atomic E-state index is 10.5. The first-order chi connectivity index (χ1) is 4.33. The highest BCUT2D eigenvalue weighted by Crippen LogP contribution is 1.98. The van der Waals surface area contributed by atoms with Gasteiger partial charge >= 0.3 is 0 Å². The maximum atomic E-state index is 10.5. The molecule has 1 rings (SSSR count). The lowest BCUT2D eigenvalue weighted by atomic mass is 10.2. The van der Waals surface area contributed by atoms with Crippen molar-refractivity contribution < 1.29 is 9.53 Å².